The summed E-state index contributed by atoms with van der Waals surface area (Å²) < 4.78 is 7.14. The number of aromatic nitrogens is 3. The molecule has 4 rings (SSSR count). The molecule has 7 nitrogen and oxygen atoms in total. The molecule has 3 aromatic rings. The van der Waals surface area contributed by atoms with E-state index in [9.17, 15) is 9.59 Å². The van der Waals surface area contributed by atoms with Crippen LogP contribution in [0.15, 0.2) is 36.8 Å². The molecule has 1 N–H and O–H groups in total. The number of benzene rings is 1. The Morgan fingerprint density at radius 2 is 2.08 bits per heavy atom. The highest BCUT2D eigenvalue weighted by Gasteiger charge is 2.17. The summed E-state index contributed by atoms with van der Waals surface area (Å²) in [6.07, 6.45) is 4.36. The van der Waals surface area contributed by atoms with Crippen LogP contribution in [0.1, 0.15) is 36.2 Å². The lowest BCUT2D eigenvalue weighted by Gasteiger charge is -2.16. The van der Waals surface area contributed by atoms with Gasteiger partial charge in [0.05, 0.1) is 34.6 Å². The molecule has 0 aliphatic carbocycles. The number of aryl methyl sites for hydroxylation is 1. The van der Waals surface area contributed by atoms with Gasteiger partial charge in [0, 0.05) is 6.42 Å². The number of nitrogens with one attached hydrogen (secondary N) is 1. The van der Waals surface area contributed by atoms with E-state index >= 15 is 0 Å². The maximum Gasteiger partial charge on any atom is 0.338 e. The van der Waals surface area contributed by atoms with Gasteiger partial charge in [-0.3, -0.25) is 9.36 Å². The number of pyridine rings is 1. The molecule has 132 valence electrons. The highest BCUT2D eigenvalue weighted by atomic mass is 16.5. The Morgan fingerprint density at radius 1 is 1.23 bits per heavy atom. The number of rotatable bonds is 3. The van der Waals surface area contributed by atoms with Crippen LogP contribution in [0.25, 0.3) is 16.7 Å². The smallest absolute Gasteiger partial charge is 0.338 e. The second-order valence-corrected chi connectivity index (χ2v) is 6.52. The minimum Gasteiger partial charge on any atom is -0.459 e. The van der Waals surface area contributed by atoms with Gasteiger partial charge in [0.25, 0.3) is 0 Å². The van der Waals surface area contributed by atoms with Gasteiger partial charge in [-0.05, 0) is 50.1 Å². The molecule has 0 unspecified atom stereocenters. The zero-order valence-electron chi connectivity index (χ0n) is 14.5. The molecule has 1 aromatic carbocycles. The number of ether oxygens (including phenoxy) is 1. The van der Waals surface area contributed by atoms with Gasteiger partial charge in [-0.15, -0.1) is 0 Å². The topological polar surface area (TPSA) is 86.1 Å². The Kier molecular flexibility index (Phi) is 3.91. The lowest BCUT2D eigenvalue weighted by molar-refractivity contribution is -0.116. The van der Waals surface area contributed by atoms with E-state index < -0.39 is 0 Å². The quantitative estimate of drug-likeness (QED) is 0.734. The molecule has 0 saturated carbocycles. The van der Waals surface area contributed by atoms with E-state index in [4.69, 9.17) is 4.74 Å². The van der Waals surface area contributed by atoms with Crippen molar-refractivity contribution in [3.8, 4) is 5.69 Å². The van der Waals surface area contributed by atoms with E-state index in [-0.39, 0.29) is 18.0 Å². The van der Waals surface area contributed by atoms with E-state index in [1.165, 1.54) is 0 Å². The van der Waals surface area contributed by atoms with E-state index in [2.05, 4.69) is 15.3 Å². The average Bonchev–Trinajstić information content (AvgIpc) is 3.04. The standard InChI is InChI=1S/C19H18N4O3/c1-11(2)26-19(25)13-3-5-16-15(8-13)21-10-23(16)14-7-12-4-6-17(24)22-18(12)20-9-14/h3,5,7-11H,4,6H2,1-2H3,(H,20,22,24). The number of carbonyl (C=O) groups excluding carboxylic acids is 2. The van der Waals surface area contributed by atoms with E-state index in [0.717, 1.165) is 16.8 Å². The van der Waals surface area contributed by atoms with E-state index in [0.29, 0.717) is 29.7 Å². The Bertz CT molecular complexity index is 1020. The van der Waals surface area contributed by atoms with Crippen molar-refractivity contribution in [1.29, 1.82) is 0 Å². The molecule has 0 fully saturated rings. The first-order valence-corrected chi connectivity index (χ1v) is 8.48. The van der Waals surface area contributed by atoms with Gasteiger partial charge in [0.15, 0.2) is 0 Å². The molecular weight excluding hydrogens is 332 g/mol. The van der Waals surface area contributed by atoms with Crippen molar-refractivity contribution in [2.45, 2.75) is 32.8 Å². The maximum absolute atomic E-state index is 12.1. The number of anilines is 1. The van der Waals surface area contributed by atoms with Crippen LogP contribution in [0.4, 0.5) is 5.82 Å². The molecule has 1 amide bonds. The number of carbonyl (C=O) groups is 2. The van der Waals surface area contributed by atoms with Crippen molar-refractivity contribution in [2.24, 2.45) is 0 Å². The highest BCUT2D eigenvalue weighted by molar-refractivity contribution is 5.94. The molecule has 2 aromatic heterocycles. The number of esters is 1. The second-order valence-electron chi connectivity index (χ2n) is 6.52. The van der Waals surface area contributed by atoms with E-state index in [1.807, 2.05) is 30.5 Å². The maximum atomic E-state index is 12.1. The summed E-state index contributed by atoms with van der Waals surface area (Å²) in [5, 5.41) is 2.78. The van der Waals surface area contributed by atoms with Crippen molar-refractivity contribution < 1.29 is 14.3 Å². The lowest BCUT2D eigenvalue weighted by atomic mass is 10.1. The number of imidazole rings is 1. The SMILES string of the molecule is CC(C)OC(=O)c1ccc2c(c1)ncn2-c1cnc2c(c1)CCC(=O)N2. The molecule has 0 atom stereocenters. The lowest BCUT2D eigenvalue weighted by Crippen LogP contribution is -2.20. The van der Waals surface area contributed by atoms with Crippen LogP contribution in [0.3, 0.4) is 0 Å². The zero-order chi connectivity index (χ0) is 18.3. The molecule has 1 aliphatic rings. The Balaban J connectivity index is 1.70. The first-order valence-electron chi connectivity index (χ1n) is 8.48. The normalized spacial score (nSPS) is 13.6. The van der Waals surface area contributed by atoms with Crippen molar-refractivity contribution in [1.82, 2.24) is 14.5 Å². The first-order chi connectivity index (χ1) is 12.5. The molecule has 0 saturated heterocycles. The third-order valence-electron chi connectivity index (χ3n) is 4.24. The fourth-order valence-corrected chi connectivity index (χ4v) is 3.00. The van der Waals surface area contributed by atoms with Gasteiger partial charge in [0.1, 0.15) is 12.1 Å². The van der Waals surface area contributed by atoms with Gasteiger partial charge < -0.3 is 10.1 Å². The van der Waals surface area contributed by atoms with Crippen LogP contribution in [0.5, 0.6) is 0 Å². The minimum absolute atomic E-state index is 0.00774. The largest absolute Gasteiger partial charge is 0.459 e. The van der Waals surface area contributed by atoms with Gasteiger partial charge in [-0.25, -0.2) is 14.8 Å². The third-order valence-corrected chi connectivity index (χ3v) is 4.24. The predicted molar refractivity (Wildman–Crippen MR) is 96.4 cm³/mol. The summed E-state index contributed by atoms with van der Waals surface area (Å²) in [5.74, 6) is 0.252. The third kappa shape index (κ3) is 2.92. The second kappa shape index (κ2) is 6.25. The van der Waals surface area contributed by atoms with Crippen molar-refractivity contribution in [3.05, 3.63) is 47.9 Å². The minimum atomic E-state index is -0.359. The van der Waals surface area contributed by atoms with Gasteiger partial charge in [-0.2, -0.15) is 0 Å². The molecule has 7 heteroatoms. The Morgan fingerprint density at radius 3 is 2.88 bits per heavy atom. The first kappa shape index (κ1) is 16.3. The molecular formula is C19H18N4O3. The average molecular weight is 350 g/mol. The predicted octanol–water partition coefficient (Wildman–Crippen LogP) is 2.87. The Labute approximate surface area is 150 Å². The highest BCUT2D eigenvalue weighted by Crippen LogP contribution is 2.25. The summed E-state index contributed by atoms with van der Waals surface area (Å²) in [5.41, 5.74) is 3.91. The van der Waals surface area contributed by atoms with Crippen molar-refractivity contribution >= 4 is 28.7 Å². The summed E-state index contributed by atoms with van der Waals surface area (Å²) >= 11 is 0. The monoisotopic (exact) mass is 350 g/mol. The van der Waals surface area contributed by atoms with Gasteiger partial charge >= 0.3 is 5.97 Å². The number of hydrogen-bond acceptors (Lipinski definition) is 5. The van der Waals surface area contributed by atoms with E-state index in [1.54, 1.807) is 24.7 Å². The van der Waals surface area contributed by atoms with Crippen LogP contribution < -0.4 is 5.32 Å². The summed E-state index contributed by atoms with van der Waals surface area (Å²) in [4.78, 5) is 32.3. The molecule has 1 aliphatic heterocycles. The fraction of sp³-hybridized carbons (Fsp3) is 0.263. The fourth-order valence-electron chi connectivity index (χ4n) is 3.00. The number of hydrogen-bond donors (Lipinski definition) is 1. The van der Waals surface area contributed by atoms with Crippen molar-refractivity contribution in [3.63, 3.8) is 0 Å². The number of fused-ring (bicyclic) bond motifs is 2. The molecule has 0 spiro atoms. The number of nitrogens with zero attached hydrogens (tertiary/aromatic N) is 3. The zero-order valence-corrected chi connectivity index (χ0v) is 14.5. The van der Waals surface area contributed by atoms with Crippen LogP contribution in [0.2, 0.25) is 0 Å². The summed E-state index contributed by atoms with van der Waals surface area (Å²) in [7, 11) is 0. The Hall–Kier alpha value is -3.22. The summed E-state index contributed by atoms with van der Waals surface area (Å²) in [6, 6.07) is 7.31. The summed E-state index contributed by atoms with van der Waals surface area (Å²) in [6.45, 7) is 3.63. The van der Waals surface area contributed by atoms with Crippen LogP contribution >= 0.6 is 0 Å². The molecule has 26 heavy (non-hydrogen) atoms. The molecule has 0 bridgehead atoms. The van der Waals surface area contributed by atoms with Crippen LogP contribution in [-0.4, -0.2) is 32.5 Å². The van der Waals surface area contributed by atoms with Crippen molar-refractivity contribution in [2.75, 3.05) is 5.32 Å². The molecule has 3 heterocycles. The number of amides is 1. The molecule has 0 radical (unpaired) electrons. The van der Waals surface area contributed by atoms with Crippen LogP contribution in [0, 0.1) is 0 Å². The van der Waals surface area contributed by atoms with Gasteiger partial charge in [0.2, 0.25) is 5.91 Å². The van der Waals surface area contributed by atoms with Gasteiger partial charge in [-0.1, -0.05) is 0 Å². The van der Waals surface area contributed by atoms with Crippen LogP contribution in [-0.2, 0) is 16.0 Å².